The highest BCUT2D eigenvalue weighted by Crippen LogP contribution is 2.20. The number of fused-ring (bicyclic) bond motifs is 1. The molecule has 0 saturated heterocycles. The first-order chi connectivity index (χ1) is 5.47. The zero-order chi connectivity index (χ0) is 8.10. The third-order valence-electron chi connectivity index (χ3n) is 2.01. The lowest BCUT2D eigenvalue weighted by atomic mass is 10.1. The van der Waals surface area contributed by atoms with Gasteiger partial charge in [0.1, 0.15) is 0 Å². The van der Waals surface area contributed by atoms with E-state index in [4.69, 9.17) is 4.20 Å². The molecule has 0 unspecified atom stereocenters. The summed E-state index contributed by atoms with van der Waals surface area (Å²) in [7, 11) is 0. The van der Waals surface area contributed by atoms with E-state index in [0.717, 1.165) is 0 Å². The zero-order valence-electron chi connectivity index (χ0n) is 6.26. The molecule has 0 aromatic heterocycles. The molecule has 0 heterocycles. The van der Waals surface area contributed by atoms with E-state index in [1.807, 2.05) is 16.3 Å². The third-order valence-corrected chi connectivity index (χ3v) is 2.01. The zero-order valence-corrected chi connectivity index (χ0v) is 7.84. The van der Waals surface area contributed by atoms with Crippen LogP contribution in [0.5, 0.6) is 0 Å². The predicted molar refractivity (Wildman–Crippen MR) is 49.6 cm³/mol. The Kier molecular flexibility index (Phi) is 3.60. The summed E-state index contributed by atoms with van der Waals surface area (Å²) in [5.41, 5.74) is 3.13. The first kappa shape index (κ1) is 8.75. The lowest BCUT2D eigenvalue weighted by Gasteiger charge is -1.93. The molecule has 1 nitrogen and oxygen atoms in total. The Morgan fingerprint density at radius 1 is 1.00 bits per heavy atom. The fraction of sp³-hybridized carbons (Fsp3) is 0.333. The molecule has 0 bridgehead atoms. The number of aryl methyl sites for hydroxylation is 2. The monoisotopic (exact) mass is 214 g/mol. The highest BCUT2D eigenvalue weighted by molar-refractivity contribution is 9.05. The first-order valence-corrected chi connectivity index (χ1v) is 4.41. The molecule has 0 atom stereocenters. The normalized spacial score (nSPS) is 13.3. The first-order valence-electron chi connectivity index (χ1n) is 3.70. The molecule has 11 heavy (non-hydrogen) atoms. The van der Waals surface area contributed by atoms with Gasteiger partial charge in [-0.2, -0.15) is 0 Å². The molecule has 0 aliphatic heterocycles. The van der Waals surface area contributed by atoms with Gasteiger partial charge in [0.2, 0.25) is 0 Å². The SMILES string of the molecule is OBr.c1ccc2c(c1)CCC2. The van der Waals surface area contributed by atoms with Gasteiger partial charge in [-0.25, -0.2) is 0 Å². The second-order valence-corrected chi connectivity index (χ2v) is 2.62. The van der Waals surface area contributed by atoms with E-state index in [2.05, 4.69) is 24.3 Å². The Balaban J connectivity index is 0.000000281. The van der Waals surface area contributed by atoms with Crippen molar-refractivity contribution in [2.24, 2.45) is 0 Å². The maximum atomic E-state index is 6.81. The van der Waals surface area contributed by atoms with Gasteiger partial charge in [0, 0.05) is 0 Å². The molecule has 2 rings (SSSR count). The van der Waals surface area contributed by atoms with Crippen molar-refractivity contribution in [3.63, 3.8) is 0 Å². The molecular formula is C9H11BrO. The molecule has 1 N–H and O–H groups in total. The number of hydrogen-bond acceptors (Lipinski definition) is 1. The molecule has 1 aliphatic rings. The van der Waals surface area contributed by atoms with Crippen LogP contribution in [0.15, 0.2) is 24.3 Å². The van der Waals surface area contributed by atoms with E-state index in [1.165, 1.54) is 19.3 Å². The minimum atomic E-state index is 1.30. The van der Waals surface area contributed by atoms with Gasteiger partial charge >= 0.3 is 0 Å². The van der Waals surface area contributed by atoms with Crippen molar-refractivity contribution in [2.75, 3.05) is 0 Å². The molecule has 0 saturated carbocycles. The van der Waals surface area contributed by atoms with Gasteiger partial charge in [-0.3, -0.25) is 0 Å². The molecule has 0 spiro atoms. The Bertz CT molecular complexity index is 200. The summed E-state index contributed by atoms with van der Waals surface area (Å²) in [4.78, 5) is 0. The van der Waals surface area contributed by atoms with Gasteiger partial charge in [0.25, 0.3) is 0 Å². The Morgan fingerprint density at radius 3 is 1.91 bits per heavy atom. The van der Waals surface area contributed by atoms with E-state index in [1.54, 1.807) is 11.1 Å². The van der Waals surface area contributed by atoms with Crippen molar-refractivity contribution in [3.8, 4) is 0 Å². The summed E-state index contributed by atoms with van der Waals surface area (Å²) in [5, 5.41) is 0. The molecule has 1 aromatic rings. The second-order valence-electron chi connectivity index (χ2n) is 2.62. The second kappa shape index (κ2) is 4.52. The quantitative estimate of drug-likeness (QED) is 0.704. The summed E-state index contributed by atoms with van der Waals surface area (Å²) in [5.74, 6) is 0. The van der Waals surface area contributed by atoms with Crippen LogP contribution in [-0.4, -0.2) is 4.20 Å². The summed E-state index contributed by atoms with van der Waals surface area (Å²) in [6, 6.07) is 8.74. The lowest BCUT2D eigenvalue weighted by Crippen LogP contribution is -1.77. The van der Waals surface area contributed by atoms with Crippen LogP contribution in [0.25, 0.3) is 0 Å². The van der Waals surface area contributed by atoms with Crippen LogP contribution < -0.4 is 0 Å². The van der Waals surface area contributed by atoms with E-state index in [0.29, 0.717) is 0 Å². The average Bonchev–Trinajstić information content (AvgIpc) is 2.55. The Morgan fingerprint density at radius 2 is 1.45 bits per heavy atom. The molecule has 2 heteroatoms. The van der Waals surface area contributed by atoms with Crippen LogP contribution in [0.1, 0.15) is 17.5 Å². The van der Waals surface area contributed by atoms with Crippen molar-refractivity contribution >= 4 is 16.3 Å². The molecule has 1 aromatic carbocycles. The summed E-state index contributed by atoms with van der Waals surface area (Å²) >= 11 is 1.94. The minimum Gasteiger partial charge on any atom is -0.324 e. The van der Waals surface area contributed by atoms with E-state index < -0.39 is 0 Å². The van der Waals surface area contributed by atoms with Crippen molar-refractivity contribution in [2.45, 2.75) is 19.3 Å². The standard InChI is InChI=1S/C9H10.BrHO/c1-2-5-9-7-3-6-8(9)4-1;1-2/h1-2,4-5H,3,6-7H2;2H. The van der Waals surface area contributed by atoms with E-state index in [-0.39, 0.29) is 0 Å². The van der Waals surface area contributed by atoms with Crippen molar-refractivity contribution in [3.05, 3.63) is 35.4 Å². The molecule has 60 valence electrons. The van der Waals surface area contributed by atoms with Crippen LogP contribution in [0.3, 0.4) is 0 Å². The minimum absolute atomic E-state index is 1.30. The van der Waals surface area contributed by atoms with Crippen molar-refractivity contribution in [1.29, 1.82) is 0 Å². The summed E-state index contributed by atoms with van der Waals surface area (Å²) in [6.07, 6.45) is 3.96. The predicted octanol–water partition coefficient (Wildman–Crippen LogP) is 2.46. The molecule has 0 fully saturated rings. The highest BCUT2D eigenvalue weighted by atomic mass is 79.9. The van der Waals surface area contributed by atoms with Crippen molar-refractivity contribution < 1.29 is 4.20 Å². The topological polar surface area (TPSA) is 20.2 Å². The number of benzene rings is 1. The fourth-order valence-electron chi connectivity index (χ4n) is 1.51. The van der Waals surface area contributed by atoms with Crippen LogP contribution in [0.4, 0.5) is 0 Å². The van der Waals surface area contributed by atoms with Gasteiger partial charge in [0.15, 0.2) is 0 Å². The number of hydrogen-bond donors (Lipinski definition) is 1. The van der Waals surface area contributed by atoms with Gasteiger partial charge < -0.3 is 4.20 Å². The highest BCUT2D eigenvalue weighted by Gasteiger charge is 2.07. The fourth-order valence-corrected chi connectivity index (χ4v) is 1.51. The van der Waals surface area contributed by atoms with Gasteiger partial charge in [-0.15, -0.1) is 0 Å². The van der Waals surface area contributed by atoms with Crippen LogP contribution >= 0.6 is 16.3 Å². The summed E-state index contributed by atoms with van der Waals surface area (Å²) in [6.45, 7) is 0. The summed E-state index contributed by atoms with van der Waals surface area (Å²) < 4.78 is 6.81. The molecular weight excluding hydrogens is 204 g/mol. The number of halogens is 1. The van der Waals surface area contributed by atoms with E-state index in [9.17, 15) is 0 Å². The van der Waals surface area contributed by atoms with Crippen LogP contribution in [0.2, 0.25) is 0 Å². The third kappa shape index (κ3) is 2.04. The van der Waals surface area contributed by atoms with Gasteiger partial charge in [-0.05, 0) is 30.4 Å². The number of rotatable bonds is 0. The van der Waals surface area contributed by atoms with E-state index >= 15 is 0 Å². The Hall–Kier alpha value is -0.340. The van der Waals surface area contributed by atoms with Gasteiger partial charge in [-0.1, -0.05) is 24.3 Å². The maximum Gasteiger partial charge on any atom is 0.0957 e. The van der Waals surface area contributed by atoms with Crippen LogP contribution in [0, 0.1) is 0 Å². The molecule has 0 amide bonds. The molecule has 0 radical (unpaired) electrons. The average molecular weight is 215 g/mol. The largest absolute Gasteiger partial charge is 0.324 e. The van der Waals surface area contributed by atoms with Crippen LogP contribution in [-0.2, 0) is 12.8 Å². The van der Waals surface area contributed by atoms with Gasteiger partial charge in [0.05, 0.1) is 16.3 Å². The maximum absolute atomic E-state index is 6.81. The smallest absolute Gasteiger partial charge is 0.0957 e. The van der Waals surface area contributed by atoms with Crippen molar-refractivity contribution in [1.82, 2.24) is 0 Å². The lowest BCUT2D eigenvalue weighted by molar-refractivity contribution is 0.702. The molecule has 1 aliphatic carbocycles. The Labute approximate surface area is 75.5 Å².